The highest BCUT2D eigenvalue weighted by atomic mass is 35.5. The van der Waals surface area contributed by atoms with Crippen molar-refractivity contribution < 1.29 is 4.79 Å². The summed E-state index contributed by atoms with van der Waals surface area (Å²) in [5.41, 5.74) is 6.98. The monoisotopic (exact) mass is 226 g/mol. The highest BCUT2D eigenvalue weighted by Crippen LogP contribution is 2.25. The van der Waals surface area contributed by atoms with Gasteiger partial charge in [-0.3, -0.25) is 4.79 Å². The van der Waals surface area contributed by atoms with Crippen LogP contribution in [0.1, 0.15) is 18.4 Å². The second-order valence-electron chi connectivity index (χ2n) is 3.37. The molecule has 0 radical (unpaired) electrons. The van der Waals surface area contributed by atoms with E-state index in [2.05, 4.69) is 5.32 Å². The van der Waals surface area contributed by atoms with E-state index >= 15 is 0 Å². The maximum Gasteiger partial charge on any atom is 0.224 e. The van der Waals surface area contributed by atoms with E-state index in [0.717, 1.165) is 5.56 Å². The van der Waals surface area contributed by atoms with Crippen LogP contribution in [0.2, 0.25) is 5.02 Å². The first kappa shape index (κ1) is 12.0. The van der Waals surface area contributed by atoms with Crippen molar-refractivity contribution in [3.05, 3.63) is 28.8 Å². The Hall–Kier alpha value is -1.06. The second kappa shape index (κ2) is 5.73. The molecule has 3 N–H and O–H groups in total. The molecule has 0 aliphatic rings. The summed E-state index contributed by atoms with van der Waals surface area (Å²) in [5.74, 6) is -0.0448. The molecule has 1 aromatic carbocycles. The third kappa shape index (κ3) is 3.53. The molecule has 1 rings (SSSR count). The Bertz CT molecular complexity index is 332. The number of aryl methyl sites for hydroxylation is 1. The predicted octanol–water partition coefficient (Wildman–Crippen LogP) is 2.33. The zero-order chi connectivity index (χ0) is 11.3. The van der Waals surface area contributed by atoms with E-state index < -0.39 is 0 Å². The van der Waals surface area contributed by atoms with Gasteiger partial charge in [-0.05, 0) is 31.5 Å². The largest absolute Gasteiger partial charge is 0.330 e. The van der Waals surface area contributed by atoms with E-state index in [0.29, 0.717) is 30.1 Å². The molecule has 1 amide bonds. The molecule has 15 heavy (non-hydrogen) atoms. The van der Waals surface area contributed by atoms with Gasteiger partial charge in [0.2, 0.25) is 5.91 Å². The molecule has 4 heteroatoms. The van der Waals surface area contributed by atoms with Crippen LogP contribution in [0.3, 0.4) is 0 Å². The van der Waals surface area contributed by atoms with E-state index in [1.165, 1.54) is 0 Å². The molecule has 0 saturated carbocycles. The lowest BCUT2D eigenvalue weighted by atomic mass is 10.2. The number of carbonyl (C=O) groups excluding carboxylic acids is 1. The van der Waals surface area contributed by atoms with Gasteiger partial charge in [0, 0.05) is 6.42 Å². The molecule has 3 nitrogen and oxygen atoms in total. The fraction of sp³-hybridized carbons (Fsp3) is 0.364. The molecular weight excluding hydrogens is 212 g/mol. The number of para-hydroxylation sites is 1. The molecule has 0 fully saturated rings. The van der Waals surface area contributed by atoms with Crippen LogP contribution in [0.15, 0.2) is 18.2 Å². The lowest BCUT2D eigenvalue weighted by Gasteiger charge is -2.09. The first-order valence-electron chi connectivity index (χ1n) is 4.90. The van der Waals surface area contributed by atoms with Gasteiger partial charge in [0.05, 0.1) is 10.7 Å². The van der Waals surface area contributed by atoms with Crippen molar-refractivity contribution >= 4 is 23.2 Å². The molecule has 0 heterocycles. The lowest BCUT2D eigenvalue weighted by molar-refractivity contribution is -0.116. The second-order valence-corrected chi connectivity index (χ2v) is 3.78. The third-order valence-electron chi connectivity index (χ3n) is 2.09. The van der Waals surface area contributed by atoms with Crippen molar-refractivity contribution in [3.63, 3.8) is 0 Å². The number of carbonyl (C=O) groups is 1. The smallest absolute Gasteiger partial charge is 0.224 e. The summed E-state index contributed by atoms with van der Waals surface area (Å²) in [6.07, 6.45) is 1.12. The molecule has 1 aromatic rings. The number of anilines is 1. The Morgan fingerprint density at radius 2 is 2.27 bits per heavy atom. The zero-order valence-electron chi connectivity index (χ0n) is 8.72. The third-order valence-corrected chi connectivity index (χ3v) is 2.41. The van der Waals surface area contributed by atoms with Gasteiger partial charge >= 0.3 is 0 Å². The predicted molar refractivity (Wildman–Crippen MR) is 63.1 cm³/mol. The van der Waals surface area contributed by atoms with Crippen molar-refractivity contribution in [3.8, 4) is 0 Å². The fourth-order valence-corrected chi connectivity index (χ4v) is 1.52. The van der Waals surface area contributed by atoms with Crippen LogP contribution in [0.4, 0.5) is 5.69 Å². The average molecular weight is 227 g/mol. The van der Waals surface area contributed by atoms with Crippen LogP contribution in [0.25, 0.3) is 0 Å². The number of hydrogen-bond acceptors (Lipinski definition) is 2. The quantitative estimate of drug-likeness (QED) is 0.828. The Balaban J connectivity index is 2.68. The number of nitrogens with two attached hydrogens (primary N) is 1. The fourth-order valence-electron chi connectivity index (χ4n) is 1.25. The molecule has 0 unspecified atom stereocenters. The van der Waals surface area contributed by atoms with Gasteiger partial charge in [-0.2, -0.15) is 0 Å². The maximum atomic E-state index is 11.5. The van der Waals surface area contributed by atoms with Crippen LogP contribution in [0.5, 0.6) is 0 Å². The van der Waals surface area contributed by atoms with Crippen LogP contribution < -0.4 is 11.1 Å². The Kier molecular flexibility index (Phi) is 4.59. The minimum Gasteiger partial charge on any atom is -0.330 e. The zero-order valence-corrected chi connectivity index (χ0v) is 9.47. The van der Waals surface area contributed by atoms with E-state index in [1.54, 1.807) is 6.07 Å². The Morgan fingerprint density at radius 3 is 2.87 bits per heavy atom. The van der Waals surface area contributed by atoms with E-state index in [1.807, 2.05) is 19.1 Å². The lowest BCUT2D eigenvalue weighted by Crippen LogP contribution is -2.14. The van der Waals surface area contributed by atoms with Gasteiger partial charge in [0.1, 0.15) is 0 Å². The van der Waals surface area contributed by atoms with Gasteiger partial charge in [0.15, 0.2) is 0 Å². The van der Waals surface area contributed by atoms with Crippen LogP contribution in [-0.4, -0.2) is 12.5 Å². The number of amides is 1. The highest BCUT2D eigenvalue weighted by molar-refractivity contribution is 6.33. The van der Waals surface area contributed by atoms with Crippen LogP contribution in [0, 0.1) is 6.92 Å². The van der Waals surface area contributed by atoms with Gasteiger partial charge in [0.25, 0.3) is 0 Å². The molecular formula is C11H15ClN2O. The number of rotatable bonds is 4. The van der Waals surface area contributed by atoms with Gasteiger partial charge in [-0.1, -0.05) is 23.7 Å². The summed E-state index contributed by atoms with van der Waals surface area (Å²) in [4.78, 5) is 11.5. The summed E-state index contributed by atoms with van der Waals surface area (Å²) in [6.45, 7) is 2.43. The molecule has 82 valence electrons. The minimum absolute atomic E-state index is 0.0448. The summed E-state index contributed by atoms with van der Waals surface area (Å²) < 4.78 is 0. The number of hydrogen-bond donors (Lipinski definition) is 2. The summed E-state index contributed by atoms with van der Waals surface area (Å²) in [5, 5.41) is 3.35. The van der Waals surface area contributed by atoms with Crippen LogP contribution >= 0.6 is 11.6 Å². The minimum atomic E-state index is -0.0448. The standard InChI is InChI=1S/C11H15ClN2O/c1-8-4-2-5-9(12)11(8)14-10(15)6-3-7-13/h2,4-5H,3,6-7,13H2,1H3,(H,14,15). The number of nitrogens with one attached hydrogen (secondary N) is 1. The molecule has 0 spiro atoms. The normalized spacial score (nSPS) is 10.1. The first-order valence-corrected chi connectivity index (χ1v) is 5.28. The van der Waals surface area contributed by atoms with Crippen molar-refractivity contribution in [1.29, 1.82) is 0 Å². The summed E-state index contributed by atoms with van der Waals surface area (Å²) >= 11 is 5.97. The molecule has 0 aliphatic heterocycles. The van der Waals surface area contributed by atoms with E-state index in [4.69, 9.17) is 17.3 Å². The molecule has 0 saturated heterocycles. The van der Waals surface area contributed by atoms with E-state index in [9.17, 15) is 4.79 Å². The summed E-state index contributed by atoms with van der Waals surface area (Å²) in [6, 6.07) is 5.52. The number of halogens is 1. The van der Waals surface area contributed by atoms with Crippen LogP contribution in [-0.2, 0) is 4.79 Å². The Morgan fingerprint density at radius 1 is 1.53 bits per heavy atom. The molecule has 0 aliphatic carbocycles. The topological polar surface area (TPSA) is 55.1 Å². The highest BCUT2D eigenvalue weighted by Gasteiger charge is 2.07. The molecule has 0 atom stereocenters. The first-order chi connectivity index (χ1) is 7.15. The van der Waals surface area contributed by atoms with Crippen molar-refractivity contribution in [2.24, 2.45) is 5.73 Å². The van der Waals surface area contributed by atoms with Crippen molar-refractivity contribution in [2.75, 3.05) is 11.9 Å². The Labute approximate surface area is 94.6 Å². The molecule has 0 aromatic heterocycles. The van der Waals surface area contributed by atoms with E-state index in [-0.39, 0.29) is 5.91 Å². The number of benzene rings is 1. The van der Waals surface area contributed by atoms with Gasteiger partial charge in [-0.15, -0.1) is 0 Å². The van der Waals surface area contributed by atoms with Crippen molar-refractivity contribution in [1.82, 2.24) is 0 Å². The average Bonchev–Trinajstić information content (AvgIpc) is 2.21. The SMILES string of the molecule is Cc1cccc(Cl)c1NC(=O)CCCN. The van der Waals surface area contributed by atoms with Gasteiger partial charge in [-0.25, -0.2) is 0 Å². The summed E-state index contributed by atoms with van der Waals surface area (Å²) in [7, 11) is 0. The molecule has 0 bridgehead atoms. The van der Waals surface area contributed by atoms with Crippen molar-refractivity contribution in [2.45, 2.75) is 19.8 Å². The maximum absolute atomic E-state index is 11.5. The van der Waals surface area contributed by atoms with Gasteiger partial charge < -0.3 is 11.1 Å².